The molecule has 0 saturated heterocycles. The van der Waals surface area contributed by atoms with Crippen LogP contribution < -0.4 is 5.32 Å². The lowest BCUT2D eigenvalue weighted by molar-refractivity contribution is -0.139. The second-order valence-corrected chi connectivity index (χ2v) is 7.16. The molecule has 0 aromatic rings. The number of hydrogen-bond donors (Lipinski definition) is 3. The highest BCUT2D eigenvalue weighted by molar-refractivity contribution is 5.69. The van der Waals surface area contributed by atoms with Crippen molar-refractivity contribution in [3.05, 3.63) is 0 Å². The third kappa shape index (κ3) is 7.64. The van der Waals surface area contributed by atoms with E-state index in [-0.39, 0.29) is 6.42 Å². The summed E-state index contributed by atoms with van der Waals surface area (Å²) < 4.78 is 5.20. The first kappa shape index (κ1) is 18.7. The van der Waals surface area contributed by atoms with Crippen LogP contribution in [-0.4, -0.2) is 40.0 Å². The molecule has 0 spiro atoms. The molecule has 128 valence electrons. The first-order chi connectivity index (χ1) is 10.2. The van der Waals surface area contributed by atoms with E-state index in [9.17, 15) is 14.7 Å². The molecule has 6 heteroatoms. The van der Waals surface area contributed by atoms with Gasteiger partial charge in [0.1, 0.15) is 5.60 Å². The van der Waals surface area contributed by atoms with Gasteiger partial charge in [0.05, 0.1) is 18.6 Å². The van der Waals surface area contributed by atoms with Crippen LogP contribution in [0.3, 0.4) is 0 Å². The van der Waals surface area contributed by atoms with E-state index < -0.39 is 29.8 Å². The van der Waals surface area contributed by atoms with Crippen LogP contribution in [-0.2, 0) is 9.53 Å². The number of carbonyl (C=O) groups is 2. The van der Waals surface area contributed by atoms with E-state index in [1.807, 2.05) is 0 Å². The van der Waals surface area contributed by atoms with E-state index in [1.165, 1.54) is 6.42 Å². The number of ether oxygens (including phenoxy) is 1. The molecule has 6 nitrogen and oxygen atoms in total. The summed E-state index contributed by atoms with van der Waals surface area (Å²) in [6.07, 6.45) is 4.14. The van der Waals surface area contributed by atoms with Crippen molar-refractivity contribution in [2.75, 3.05) is 0 Å². The first-order valence-electron chi connectivity index (χ1n) is 8.07. The maximum atomic E-state index is 11.9. The Balaban J connectivity index is 2.63. The van der Waals surface area contributed by atoms with Crippen LogP contribution in [0.15, 0.2) is 0 Å². The SMILES string of the molecule is CC(C)(C)OC(=O)NC(CC1CCCCC1)[C@@H](O)CC(=O)O. The first-order valence-corrected chi connectivity index (χ1v) is 8.07. The number of carboxylic acids is 1. The Hall–Kier alpha value is -1.30. The summed E-state index contributed by atoms with van der Waals surface area (Å²) in [4.78, 5) is 22.7. The van der Waals surface area contributed by atoms with Gasteiger partial charge in [-0.15, -0.1) is 0 Å². The topological polar surface area (TPSA) is 95.9 Å². The van der Waals surface area contributed by atoms with Crippen molar-refractivity contribution in [3.63, 3.8) is 0 Å². The van der Waals surface area contributed by atoms with Gasteiger partial charge in [-0.05, 0) is 33.1 Å². The average Bonchev–Trinajstić information content (AvgIpc) is 2.36. The Morgan fingerprint density at radius 2 is 1.82 bits per heavy atom. The van der Waals surface area contributed by atoms with Crippen LogP contribution in [0.25, 0.3) is 0 Å². The van der Waals surface area contributed by atoms with E-state index in [0.717, 1.165) is 25.7 Å². The molecule has 1 amide bonds. The Morgan fingerprint density at radius 3 is 2.32 bits per heavy atom. The Kier molecular flexibility index (Phi) is 7.13. The Morgan fingerprint density at radius 1 is 1.23 bits per heavy atom. The third-order valence-electron chi connectivity index (χ3n) is 3.86. The molecule has 1 aliphatic rings. The van der Waals surface area contributed by atoms with Gasteiger partial charge in [0.15, 0.2) is 0 Å². The van der Waals surface area contributed by atoms with Crippen molar-refractivity contribution in [1.82, 2.24) is 5.32 Å². The van der Waals surface area contributed by atoms with Crippen molar-refractivity contribution in [3.8, 4) is 0 Å². The summed E-state index contributed by atoms with van der Waals surface area (Å²) in [5, 5.41) is 21.6. The number of carbonyl (C=O) groups excluding carboxylic acids is 1. The molecule has 22 heavy (non-hydrogen) atoms. The summed E-state index contributed by atoms with van der Waals surface area (Å²) in [5.41, 5.74) is -0.628. The van der Waals surface area contributed by atoms with E-state index in [2.05, 4.69) is 5.32 Å². The molecule has 2 atom stereocenters. The van der Waals surface area contributed by atoms with Crippen LogP contribution in [0.4, 0.5) is 4.79 Å². The minimum Gasteiger partial charge on any atom is -0.481 e. The molecule has 0 bridgehead atoms. The molecule has 0 heterocycles. The molecule has 0 aromatic heterocycles. The van der Waals surface area contributed by atoms with Gasteiger partial charge < -0.3 is 20.3 Å². The van der Waals surface area contributed by atoms with Crippen LogP contribution >= 0.6 is 0 Å². The van der Waals surface area contributed by atoms with Crippen LogP contribution in [0.5, 0.6) is 0 Å². The number of aliphatic hydroxyl groups is 1. The number of aliphatic hydroxyl groups excluding tert-OH is 1. The Bertz CT molecular complexity index is 371. The molecule has 0 radical (unpaired) electrons. The zero-order valence-corrected chi connectivity index (χ0v) is 13.8. The van der Waals surface area contributed by atoms with Gasteiger partial charge >= 0.3 is 12.1 Å². The average molecular weight is 315 g/mol. The zero-order valence-electron chi connectivity index (χ0n) is 13.8. The number of hydrogen-bond acceptors (Lipinski definition) is 4. The van der Waals surface area contributed by atoms with Gasteiger partial charge in [0, 0.05) is 0 Å². The van der Waals surface area contributed by atoms with Gasteiger partial charge in [0.2, 0.25) is 0 Å². The number of nitrogens with one attached hydrogen (secondary N) is 1. The molecule has 0 aliphatic heterocycles. The zero-order chi connectivity index (χ0) is 16.8. The smallest absolute Gasteiger partial charge is 0.407 e. The van der Waals surface area contributed by atoms with Gasteiger partial charge in [-0.3, -0.25) is 4.79 Å². The van der Waals surface area contributed by atoms with Crippen molar-refractivity contribution in [2.45, 2.75) is 83.5 Å². The van der Waals surface area contributed by atoms with Crippen LogP contribution in [0.2, 0.25) is 0 Å². The van der Waals surface area contributed by atoms with E-state index >= 15 is 0 Å². The Labute approximate surface area is 132 Å². The van der Waals surface area contributed by atoms with Gasteiger partial charge in [-0.25, -0.2) is 4.79 Å². The molecule has 1 unspecified atom stereocenters. The molecular weight excluding hydrogens is 286 g/mol. The fourth-order valence-electron chi connectivity index (χ4n) is 2.87. The number of carboxylic acid groups (broad SMARTS) is 1. The fourth-order valence-corrected chi connectivity index (χ4v) is 2.87. The maximum Gasteiger partial charge on any atom is 0.407 e. The third-order valence-corrected chi connectivity index (χ3v) is 3.86. The molecule has 3 N–H and O–H groups in total. The van der Waals surface area contributed by atoms with Gasteiger partial charge in [-0.1, -0.05) is 32.1 Å². The predicted octanol–water partition coefficient (Wildman–Crippen LogP) is 2.69. The standard InChI is InChI=1S/C16H29NO5/c1-16(2,3)22-15(21)17-12(13(18)10-14(19)20)9-11-7-5-4-6-8-11/h11-13,18H,4-10H2,1-3H3,(H,17,21)(H,19,20)/t12?,13-/m0/s1. The maximum absolute atomic E-state index is 11.9. The van der Waals surface area contributed by atoms with E-state index in [1.54, 1.807) is 20.8 Å². The summed E-state index contributed by atoms with van der Waals surface area (Å²) >= 11 is 0. The molecule has 1 fully saturated rings. The van der Waals surface area contributed by atoms with Crippen LogP contribution in [0.1, 0.15) is 65.7 Å². The number of aliphatic carboxylic acids is 1. The molecular formula is C16H29NO5. The summed E-state index contributed by atoms with van der Waals surface area (Å²) in [7, 11) is 0. The molecule has 0 aromatic carbocycles. The summed E-state index contributed by atoms with van der Waals surface area (Å²) in [6.45, 7) is 5.28. The van der Waals surface area contributed by atoms with Gasteiger partial charge in [-0.2, -0.15) is 0 Å². The number of alkyl carbamates (subject to hydrolysis) is 1. The minimum atomic E-state index is -1.10. The molecule has 1 aliphatic carbocycles. The highest BCUT2D eigenvalue weighted by atomic mass is 16.6. The quantitative estimate of drug-likeness (QED) is 0.700. The lowest BCUT2D eigenvalue weighted by Crippen LogP contribution is -2.47. The number of amides is 1. The minimum absolute atomic E-state index is 0.382. The van der Waals surface area contributed by atoms with Crippen molar-refractivity contribution in [2.24, 2.45) is 5.92 Å². The molecule has 1 saturated carbocycles. The molecule has 1 rings (SSSR count). The number of rotatable bonds is 6. The predicted molar refractivity (Wildman–Crippen MR) is 82.6 cm³/mol. The van der Waals surface area contributed by atoms with E-state index in [4.69, 9.17) is 9.84 Å². The summed E-state index contributed by atoms with van der Waals surface area (Å²) in [6, 6.07) is -0.589. The van der Waals surface area contributed by atoms with Gasteiger partial charge in [0.25, 0.3) is 0 Å². The lowest BCUT2D eigenvalue weighted by Gasteiger charge is -2.30. The highest BCUT2D eigenvalue weighted by Gasteiger charge is 2.29. The largest absolute Gasteiger partial charge is 0.481 e. The summed E-state index contributed by atoms with van der Waals surface area (Å²) in [5.74, 6) is -0.663. The highest BCUT2D eigenvalue weighted by Crippen LogP contribution is 2.28. The van der Waals surface area contributed by atoms with E-state index in [0.29, 0.717) is 12.3 Å². The van der Waals surface area contributed by atoms with Crippen molar-refractivity contribution in [1.29, 1.82) is 0 Å². The van der Waals surface area contributed by atoms with Crippen LogP contribution in [0, 0.1) is 5.92 Å². The second kappa shape index (κ2) is 8.36. The second-order valence-electron chi connectivity index (χ2n) is 7.16. The van der Waals surface area contributed by atoms with Crippen molar-refractivity contribution >= 4 is 12.1 Å². The monoisotopic (exact) mass is 315 g/mol. The normalized spacial score (nSPS) is 19.3. The fraction of sp³-hybridized carbons (Fsp3) is 0.875. The van der Waals surface area contributed by atoms with Crippen molar-refractivity contribution < 1.29 is 24.5 Å². The lowest BCUT2D eigenvalue weighted by atomic mass is 9.83.